The van der Waals surface area contributed by atoms with E-state index in [0.717, 1.165) is 31.5 Å². The highest BCUT2D eigenvalue weighted by atomic mass is 16.5. The number of aromatic nitrogens is 1. The van der Waals surface area contributed by atoms with Gasteiger partial charge in [-0.15, -0.1) is 0 Å². The van der Waals surface area contributed by atoms with Gasteiger partial charge in [-0.1, -0.05) is 18.2 Å². The maximum absolute atomic E-state index is 12.3. The first-order chi connectivity index (χ1) is 13.5. The van der Waals surface area contributed by atoms with Crippen LogP contribution in [0.1, 0.15) is 45.7 Å². The summed E-state index contributed by atoms with van der Waals surface area (Å²) in [7, 11) is 0. The van der Waals surface area contributed by atoms with Gasteiger partial charge in [0.05, 0.1) is 13.0 Å². The lowest BCUT2D eigenvalue weighted by Gasteiger charge is -2.13. The summed E-state index contributed by atoms with van der Waals surface area (Å²) in [5.41, 5.74) is 1.69. The Morgan fingerprint density at radius 3 is 2.64 bits per heavy atom. The molecule has 2 aromatic rings. The van der Waals surface area contributed by atoms with Crippen molar-refractivity contribution < 1.29 is 23.9 Å². The molecule has 1 saturated heterocycles. The van der Waals surface area contributed by atoms with Crippen molar-refractivity contribution in [3.8, 4) is 5.75 Å². The smallest absolute Gasteiger partial charge is 0.309 e. The molecule has 1 aliphatic rings. The maximum Gasteiger partial charge on any atom is 0.309 e. The van der Waals surface area contributed by atoms with Crippen LogP contribution in [0.4, 0.5) is 0 Å². The zero-order valence-electron chi connectivity index (χ0n) is 15.9. The van der Waals surface area contributed by atoms with E-state index in [1.54, 1.807) is 4.90 Å². The predicted octanol–water partition coefficient (Wildman–Crippen LogP) is 2.75. The molecule has 0 spiro atoms. The number of nitrogens with zero attached hydrogens (tertiary/aromatic N) is 1. The Balaban J connectivity index is 1.42. The van der Waals surface area contributed by atoms with Crippen molar-refractivity contribution in [3.63, 3.8) is 0 Å². The van der Waals surface area contributed by atoms with E-state index >= 15 is 0 Å². The number of rotatable bonds is 8. The van der Waals surface area contributed by atoms with E-state index in [4.69, 9.17) is 9.47 Å². The van der Waals surface area contributed by atoms with E-state index < -0.39 is 5.97 Å². The van der Waals surface area contributed by atoms with Crippen LogP contribution in [0.25, 0.3) is 0 Å². The van der Waals surface area contributed by atoms with Crippen molar-refractivity contribution in [1.82, 2.24) is 9.88 Å². The molecule has 7 heteroatoms. The number of hydrogen-bond donors (Lipinski definition) is 1. The second-order valence-corrected chi connectivity index (χ2v) is 6.75. The Bertz CT molecular complexity index is 852. The second-order valence-electron chi connectivity index (χ2n) is 6.75. The average molecular weight is 384 g/mol. The van der Waals surface area contributed by atoms with Crippen molar-refractivity contribution in [2.45, 2.75) is 26.2 Å². The van der Waals surface area contributed by atoms with Crippen LogP contribution in [-0.4, -0.2) is 53.8 Å². The number of aromatic amines is 1. The summed E-state index contributed by atoms with van der Waals surface area (Å²) >= 11 is 0. The number of likely N-dealkylation sites (tertiary alicyclic amines) is 1. The molecule has 0 unspecified atom stereocenters. The fourth-order valence-electron chi connectivity index (χ4n) is 3.03. The van der Waals surface area contributed by atoms with Gasteiger partial charge in [0.25, 0.3) is 5.91 Å². The summed E-state index contributed by atoms with van der Waals surface area (Å²) in [6.45, 7) is 3.22. The number of amides is 1. The Kier molecular flexibility index (Phi) is 6.47. The minimum Gasteiger partial charge on any atom is -0.493 e. The van der Waals surface area contributed by atoms with Gasteiger partial charge in [-0.3, -0.25) is 14.4 Å². The van der Waals surface area contributed by atoms with Gasteiger partial charge in [0, 0.05) is 24.8 Å². The van der Waals surface area contributed by atoms with Gasteiger partial charge in [-0.25, -0.2) is 0 Å². The quantitative estimate of drug-likeness (QED) is 0.558. The van der Waals surface area contributed by atoms with Crippen LogP contribution in [0.15, 0.2) is 36.5 Å². The lowest BCUT2D eigenvalue weighted by atomic mass is 10.2. The second kappa shape index (κ2) is 9.21. The predicted molar refractivity (Wildman–Crippen MR) is 103 cm³/mol. The summed E-state index contributed by atoms with van der Waals surface area (Å²) in [6.07, 6.45) is 3.53. The van der Waals surface area contributed by atoms with Gasteiger partial charge >= 0.3 is 5.97 Å². The molecule has 3 rings (SSSR count). The number of Topliss-reactive ketones (excluding diaryl/α,β-unsaturated/α-hetero) is 1. The van der Waals surface area contributed by atoms with Gasteiger partial charge < -0.3 is 19.4 Å². The Labute approximate surface area is 163 Å². The van der Waals surface area contributed by atoms with Crippen LogP contribution in [0, 0.1) is 6.92 Å². The molecule has 1 N–H and O–H groups in total. The number of H-pyrrole nitrogens is 1. The zero-order valence-corrected chi connectivity index (χ0v) is 15.9. The molecule has 0 radical (unpaired) electrons. The number of ether oxygens (including phenoxy) is 2. The molecule has 1 amide bonds. The van der Waals surface area contributed by atoms with Crippen molar-refractivity contribution >= 4 is 17.7 Å². The zero-order chi connectivity index (χ0) is 19.9. The van der Waals surface area contributed by atoms with Gasteiger partial charge in [0.2, 0.25) is 5.78 Å². The van der Waals surface area contributed by atoms with Gasteiger partial charge in [0.1, 0.15) is 11.4 Å². The molecule has 28 heavy (non-hydrogen) atoms. The van der Waals surface area contributed by atoms with Crippen molar-refractivity contribution in [1.29, 1.82) is 0 Å². The molecule has 0 saturated carbocycles. The number of carbonyl (C=O) groups is 3. The third-order valence-corrected chi connectivity index (χ3v) is 4.65. The molecule has 2 heterocycles. The van der Waals surface area contributed by atoms with Crippen LogP contribution in [-0.2, 0) is 9.53 Å². The molecule has 1 aliphatic heterocycles. The number of benzene rings is 1. The number of aryl methyl sites for hydroxylation is 1. The fraction of sp³-hybridized carbons (Fsp3) is 0.381. The topological polar surface area (TPSA) is 88.7 Å². The highest BCUT2D eigenvalue weighted by molar-refractivity contribution is 6.01. The summed E-state index contributed by atoms with van der Waals surface area (Å²) in [6, 6.07) is 9.04. The van der Waals surface area contributed by atoms with E-state index in [-0.39, 0.29) is 31.3 Å². The molecule has 1 aromatic heterocycles. The van der Waals surface area contributed by atoms with Crippen molar-refractivity contribution in [3.05, 3.63) is 53.3 Å². The summed E-state index contributed by atoms with van der Waals surface area (Å²) in [5.74, 6) is -0.258. The van der Waals surface area contributed by atoms with Crippen LogP contribution in [0.3, 0.4) is 0 Å². The van der Waals surface area contributed by atoms with Crippen LogP contribution in [0.5, 0.6) is 5.75 Å². The van der Waals surface area contributed by atoms with Gasteiger partial charge in [-0.2, -0.15) is 0 Å². The van der Waals surface area contributed by atoms with E-state index in [2.05, 4.69) is 4.98 Å². The van der Waals surface area contributed by atoms with Gasteiger partial charge in [0.15, 0.2) is 6.61 Å². The Morgan fingerprint density at radius 2 is 1.89 bits per heavy atom. The number of esters is 1. The molecule has 7 nitrogen and oxygen atoms in total. The van der Waals surface area contributed by atoms with E-state index in [0.29, 0.717) is 17.0 Å². The van der Waals surface area contributed by atoms with Gasteiger partial charge in [-0.05, 0) is 37.5 Å². The third kappa shape index (κ3) is 5.00. The standard InChI is InChI=1S/C21H24N2O5/c1-15-6-2-3-7-19(15)27-11-8-20(25)28-14-18(24)16-12-17(22-13-16)21(26)23-9-4-5-10-23/h2-3,6-7,12-13,22H,4-5,8-11,14H2,1H3. The summed E-state index contributed by atoms with van der Waals surface area (Å²) < 4.78 is 10.6. The molecule has 0 aliphatic carbocycles. The summed E-state index contributed by atoms with van der Waals surface area (Å²) in [4.78, 5) is 40.9. The first kappa shape index (κ1) is 19.7. The van der Waals surface area contributed by atoms with E-state index in [9.17, 15) is 14.4 Å². The maximum atomic E-state index is 12.3. The average Bonchev–Trinajstić information content (AvgIpc) is 3.39. The molecule has 0 bridgehead atoms. The van der Waals surface area contributed by atoms with Crippen molar-refractivity contribution in [2.24, 2.45) is 0 Å². The van der Waals surface area contributed by atoms with Crippen LogP contribution in [0.2, 0.25) is 0 Å². The van der Waals surface area contributed by atoms with Crippen molar-refractivity contribution in [2.75, 3.05) is 26.3 Å². The number of carbonyl (C=O) groups excluding carboxylic acids is 3. The molecule has 1 fully saturated rings. The fourth-order valence-corrected chi connectivity index (χ4v) is 3.03. The van der Waals surface area contributed by atoms with Crippen LogP contribution >= 0.6 is 0 Å². The highest BCUT2D eigenvalue weighted by Gasteiger charge is 2.22. The molecule has 1 aromatic carbocycles. The Morgan fingerprint density at radius 1 is 1.14 bits per heavy atom. The normalized spacial score (nSPS) is 13.4. The van der Waals surface area contributed by atoms with Crippen LogP contribution < -0.4 is 4.74 Å². The lowest BCUT2D eigenvalue weighted by Crippen LogP contribution is -2.27. The number of para-hydroxylation sites is 1. The first-order valence-corrected chi connectivity index (χ1v) is 9.39. The number of hydrogen-bond acceptors (Lipinski definition) is 5. The molecular weight excluding hydrogens is 360 g/mol. The largest absolute Gasteiger partial charge is 0.493 e. The number of nitrogens with one attached hydrogen (secondary N) is 1. The lowest BCUT2D eigenvalue weighted by molar-refractivity contribution is -0.143. The van der Waals surface area contributed by atoms with E-state index in [1.165, 1.54) is 12.3 Å². The monoisotopic (exact) mass is 384 g/mol. The summed E-state index contributed by atoms with van der Waals surface area (Å²) in [5, 5.41) is 0. The molecular formula is C21H24N2O5. The first-order valence-electron chi connectivity index (χ1n) is 9.39. The minimum atomic E-state index is -0.508. The number of ketones is 1. The molecule has 0 atom stereocenters. The highest BCUT2D eigenvalue weighted by Crippen LogP contribution is 2.16. The Hall–Kier alpha value is -3.09. The molecule has 148 valence electrons. The SMILES string of the molecule is Cc1ccccc1OCCC(=O)OCC(=O)c1c[nH]c(C(=O)N2CCCC2)c1. The third-order valence-electron chi connectivity index (χ3n) is 4.65. The minimum absolute atomic E-state index is 0.0491. The van der Waals surface area contributed by atoms with E-state index in [1.807, 2.05) is 31.2 Å².